The fraction of sp³-hybridized carbons (Fsp3) is 0.200. The molecule has 0 aromatic heterocycles. The first-order valence-electron chi connectivity index (χ1n) is 7.40. The summed E-state index contributed by atoms with van der Waals surface area (Å²) in [6.07, 6.45) is 13.6. The van der Waals surface area contributed by atoms with Crippen LogP contribution in [0.15, 0.2) is 66.8 Å². The molecule has 0 radical (unpaired) electrons. The molecule has 20 heavy (non-hydrogen) atoms. The Morgan fingerprint density at radius 3 is 1.85 bits per heavy atom. The van der Waals surface area contributed by atoms with E-state index in [1.165, 1.54) is 35.1 Å². The van der Waals surface area contributed by atoms with Gasteiger partial charge in [0.25, 0.3) is 0 Å². The summed E-state index contributed by atoms with van der Waals surface area (Å²) in [6.45, 7) is 0. The minimum Gasteiger partial charge on any atom is -0.0838 e. The van der Waals surface area contributed by atoms with Gasteiger partial charge in [-0.2, -0.15) is 0 Å². The van der Waals surface area contributed by atoms with Gasteiger partial charge in [-0.1, -0.05) is 72.8 Å². The smallest absolute Gasteiger partial charge is 0.00945 e. The Morgan fingerprint density at radius 2 is 1.20 bits per heavy atom. The Balaban J connectivity index is 0.000000121. The van der Waals surface area contributed by atoms with Crippen LogP contribution in [-0.4, -0.2) is 0 Å². The quantitative estimate of drug-likeness (QED) is 0.585. The Bertz CT molecular complexity index is 605. The maximum atomic E-state index is 2.24. The number of hydrogen-bond donors (Lipinski definition) is 0. The zero-order chi connectivity index (χ0) is 13.6. The van der Waals surface area contributed by atoms with Crippen molar-refractivity contribution in [3.63, 3.8) is 0 Å². The molecule has 0 amide bonds. The van der Waals surface area contributed by atoms with E-state index in [1.54, 1.807) is 0 Å². The summed E-state index contributed by atoms with van der Waals surface area (Å²) in [4.78, 5) is 0. The molecule has 0 atom stereocenters. The third-order valence-corrected chi connectivity index (χ3v) is 3.89. The van der Waals surface area contributed by atoms with E-state index in [4.69, 9.17) is 0 Å². The fourth-order valence-corrected chi connectivity index (χ4v) is 2.75. The van der Waals surface area contributed by atoms with Gasteiger partial charge in [0, 0.05) is 0 Å². The van der Waals surface area contributed by atoms with Gasteiger partial charge in [0.15, 0.2) is 0 Å². The highest BCUT2D eigenvalue weighted by atomic mass is 14.1. The van der Waals surface area contributed by atoms with Crippen LogP contribution in [-0.2, 0) is 19.3 Å². The molecule has 0 aliphatic heterocycles. The van der Waals surface area contributed by atoms with Crippen molar-refractivity contribution in [2.45, 2.75) is 25.7 Å². The van der Waals surface area contributed by atoms with Crippen molar-refractivity contribution < 1.29 is 0 Å². The molecule has 0 spiro atoms. The molecule has 2 aliphatic carbocycles. The minimum absolute atomic E-state index is 1.12. The lowest BCUT2D eigenvalue weighted by atomic mass is 9.97. The third kappa shape index (κ3) is 3.08. The van der Waals surface area contributed by atoms with Crippen LogP contribution in [0.4, 0.5) is 0 Å². The molecule has 2 aromatic rings. The summed E-state index contributed by atoms with van der Waals surface area (Å²) in [5.41, 5.74) is 5.87. The predicted molar refractivity (Wildman–Crippen MR) is 86.8 cm³/mol. The van der Waals surface area contributed by atoms with Gasteiger partial charge in [-0.25, -0.2) is 0 Å². The molecular formula is C20H20. The number of benzene rings is 2. The van der Waals surface area contributed by atoms with Gasteiger partial charge >= 0.3 is 0 Å². The Labute approximate surface area is 121 Å². The minimum atomic E-state index is 1.12. The van der Waals surface area contributed by atoms with Crippen LogP contribution >= 0.6 is 0 Å². The highest BCUT2D eigenvalue weighted by molar-refractivity contribution is 5.55. The number of aryl methyl sites for hydroxylation is 1. The van der Waals surface area contributed by atoms with Gasteiger partial charge in [-0.15, -0.1) is 0 Å². The van der Waals surface area contributed by atoms with Gasteiger partial charge in [-0.3, -0.25) is 0 Å². The van der Waals surface area contributed by atoms with Crippen molar-refractivity contribution in [1.29, 1.82) is 0 Å². The second-order valence-corrected chi connectivity index (χ2v) is 5.29. The second kappa shape index (κ2) is 6.38. The second-order valence-electron chi connectivity index (χ2n) is 5.29. The van der Waals surface area contributed by atoms with Gasteiger partial charge in [0.1, 0.15) is 0 Å². The monoisotopic (exact) mass is 260 g/mol. The highest BCUT2D eigenvalue weighted by Gasteiger charge is 2.01. The summed E-state index contributed by atoms with van der Waals surface area (Å²) >= 11 is 0. The lowest BCUT2D eigenvalue weighted by molar-refractivity contribution is 0.986. The Hall–Kier alpha value is -2.08. The maximum Gasteiger partial charge on any atom is -0.00945 e. The van der Waals surface area contributed by atoms with Gasteiger partial charge in [0.05, 0.1) is 0 Å². The first-order valence-corrected chi connectivity index (χ1v) is 7.40. The van der Waals surface area contributed by atoms with Gasteiger partial charge < -0.3 is 0 Å². The van der Waals surface area contributed by atoms with E-state index in [0.717, 1.165) is 12.8 Å². The Morgan fingerprint density at radius 1 is 0.600 bits per heavy atom. The lowest BCUT2D eigenvalue weighted by Crippen LogP contribution is -1.95. The van der Waals surface area contributed by atoms with Crippen molar-refractivity contribution in [1.82, 2.24) is 0 Å². The van der Waals surface area contributed by atoms with E-state index < -0.39 is 0 Å². The molecule has 0 saturated carbocycles. The first kappa shape index (κ1) is 12.9. The number of hydrogen-bond acceptors (Lipinski definition) is 0. The summed E-state index contributed by atoms with van der Waals surface area (Å²) in [7, 11) is 0. The molecule has 0 fully saturated rings. The summed E-state index contributed by atoms with van der Waals surface area (Å²) < 4.78 is 0. The topological polar surface area (TPSA) is 0 Å². The van der Waals surface area contributed by atoms with Crippen LogP contribution < -0.4 is 0 Å². The third-order valence-electron chi connectivity index (χ3n) is 3.89. The van der Waals surface area contributed by atoms with Crippen LogP contribution in [0, 0.1) is 0 Å². The standard InChI is InChI=1S/2C10H10/c2*1-2-6-10-8-4-3-7-9(10)5-1/h1-3,5-7H,4,8H2;1-6H,7-8H2. The van der Waals surface area contributed by atoms with E-state index in [2.05, 4.69) is 72.8 Å². The lowest BCUT2D eigenvalue weighted by Gasteiger charge is -2.08. The summed E-state index contributed by atoms with van der Waals surface area (Å²) in [6, 6.07) is 17.2. The van der Waals surface area contributed by atoms with E-state index in [0.29, 0.717) is 0 Å². The number of allylic oxidation sites excluding steroid dienone is 3. The molecule has 0 N–H and O–H groups in total. The van der Waals surface area contributed by atoms with Crippen molar-refractivity contribution in [2.24, 2.45) is 0 Å². The SMILES string of the molecule is C1=CCc2ccccc2C1.C1=Cc2ccccc2CC1. The molecular weight excluding hydrogens is 240 g/mol. The average molecular weight is 260 g/mol. The molecule has 0 saturated heterocycles. The summed E-state index contributed by atoms with van der Waals surface area (Å²) in [5.74, 6) is 0. The van der Waals surface area contributed by atoms with Crippen molar-refractivity contribution >= 4 is 6.08 Å². The molecule has 0 nitrogen and oxygen atoms in total. The van der Waals surface area contributed by atoms with Gasteiger partial charge in [0.2, 0.25) is 0 Å². The molecule has 2 aliphatic rings. The van der Waals surface area contributed by atoms with E-state index in [9.17, 15) is 0 Å². The molecule has 4 rings (SSSR count). The average Bonchev–Trinajstić information content (AvgIpc) is 2.56. The van der Waals surface area contributed by atoms with Crippen molar-refractivity contribution in [3.05, 3.63) is 89.0 Å². The largest absolute Gasteiger partial charge is 0.0838 e. The van der Waals surface area contributed by atoms with Gasteiger partial charge in [-0.05, 0) is 47.9 Å². The van der Waals surface area contributed by atoms with E-state index in [1.807, 2.05) is 0 Å². The molecule has 0 heteroatoms. The fourth-order valence-electron chi connectivity index (χ4n) is 2.75. The zero-order valence-corrected chi connectivity index (χ0v) is 11.8. The van der Waals surface area contributed by atoms with Crippen molar-refractivity contribution in [3.8, 4) is 0 Å². The number of fused-ring (bicyclic) bond motifs is 2. The van der Waals surface area contributed by atoms with Crippen LogP contribution in [0.1, 0.15) is 28.7 Å². The molecule has 0 unspecified atom stereocenters. The van der Waals surface area contributed by atoms with E-state index >= 15 is 0 Å². The molecule has 0 bridgehead atoms. The highest BCUT2D eigenvalue weighted by Crippen LogP contribution is 2.17. The molecule has 100 valence electrons. The van der Waals surface area contributed by atoms with E-state index in [-0.39, 0.29) is 0 Å². The first-order chi connectivity index (χ1) is 9.93. The summed E-state index contributed by atoms with van der Waals surface area (Å²) in [5, 5.41) is 0. The Kier molecular flexibility index (Phi) is 4.13. The predicted octanol–water partition coefficient (Wildman–Crippen LogP) is 4.99. The van der Waals surface area contributed by atoms with Crippen LogP contribution in [0.25, 0.3) is 6.08 Å². The van der Waals surface area contributed by atoms with Crippen LogP contribution in [0.5, 0.6) is 0 Å². The molecule has 2 aromatic carbocycles. The molecule has 0 heterocycles. The zero-order valence-electron chi connectivity index (χ0n) is 11.8. The van der Waals surface area contributed by atoms with Crippen molar-refractivity contribution in [2.75, 3.05) is 0 Å². The maximum absolute atomic E-state index is 2.24. The van der Waals surface area contributed by atoms with Crippen LogP contribution in [0.3, 0.4) is 0 Å². The normalized spacial score (nSPS) is 14.8. The van der Waals surface area contributed by atoms with Crippen LogP contribution in [0.2, 0.25) is 0 Å². The number of rotatable bonds is 0.